The number of carbonyl (C=O) groups excluding carboxylic acids is 9. The fraction of sp³-hybridized carbons (Fsp3) is 0.469. The summed E-state index contributed by atoms with van der Waals surface area (Å²) in [5.74, 6) is -6.68. The molecule has 0 radical (unpaired) electrons. The van der Waals surface area contributed by atoms with Gasteiger partial charge in [-0.05, 0) is 18.1 Å². The summed E-state index contributed by atoms with van der Waals surface area (Å²) in [6.07, 6.45) is 2.80. The number of amides is 4. The standard InChI is InChI=1S/C15H19NO8.C11H12NO5.3C2H4O2.4ClH.4H2N.H2O.2Pt/c1-10(2)9-23-15(21)24-14(20)6-5-13(19)22-8-7-16-11(17)3-4-12(16)18;1-8(13)2-5-11(16)17-7-6-12-9(14)3-4-10(12)15;3*1-2(3)4;;;;;;;;;;;/h3-4,10H,5-9H2,1-2H3;3-4H,1-2,5-7H2;3*1H3,(H,3,4);4*1H;5*1H2;;/q;-1;;;;;;;;4*-1;;+2;+4/p-4. The minimum atomic E-state index is -1.11. The van der Waals surface area contributed by atoms with E-state index in [1.54, 1.807) is 0 Å². The van der Waals surface area contributed by atoms with E-state index in [2.05, 4.69) is 16.4 Å². The molecule has 32 heteroatoms. The molecule has 0 fully saturated rings. The number of imide groups is 2. The summed E-state index contributed by atoms with van der Waals surface area (Å²) in [6.45, 7) is 9.85. The van der Waals surface area contributed by atoms with Gasteiger partial charge in [-0.25, -0.2) is 4.79 Å². The number of nitrogens with zero attached hydrogens (tertiary/aromatic N) is 2. The van der Waals surface area contributed by atoms with Crippen LogP contribution in [-0.4, -0.2) is 135 Å². The van der Waals surface area contributed by atoms with Crippen molar-refractivity contribution in [2.75, 3.05) is 32.9 Å². The van der Waals surface area contributed by atoms with E-state index in [-0.39, 0.29) is 100 Å². The smallest absolute Gasteiger partial charge is 0.693 e. The van der Waals surface area contributed by atoms with Crippen molar-refractivity contribution in [2.24, 2.45) is 5.92 Å². The zero-order valence-electron chi connectivity index (χ0n) is 34.7. The molecule has 0 aromatic carbocycles. The van der Waals surface area contributed by atoms with Crippen LogP contribution in [0.15, 0.2) is 24.3 Å². The molecule has 0 aromatic rings. The first-order valence-electron chi connectivity index (χ1n) is 15.7. The van der Waals surface area contributed by atoms with Gasteiger partial charge >= 0.3 is 94.7 Å². The summed E-state index contributed by atoms with van der Waals surface area (Å²) in [4.78, 5) is 129. The number of rotatable bonds is 14. The molecule has 26 nitrogen and oxygen atoms in total. The van der Waals surface area contributed by atoms with Crippen LogP contribution in [0.4, 0.5) is 4.79 Å². The number of nitrogens with two attached hydrogens (primary N) is 4. The van der Waals surface area contributed by atoms with Crippen molar-refractivity contribution < 1.29 is 130 Å². The van der Waals surface area contributed by atoms with Gasteiger partial charge in [0.2, 0.25) is 0 Å². The summed E-state index contributed by atoms with van der Waals surface area (Å²) >= 11 is -0.944. The molecule has 0 unspecified atom stereocenters. The average Bonchev–Trinajstić information content (AvgIpc) is 3.59. The Morgan fingerprint density at radius 3 is 1.12 bits per heavy atom. The van der Waals surface area contributed by atoms with Gasteiger partial charge in [-0.2, -0.15) is 0 Å². The molecule has 2 aliphatic rings. The first kappa shape index (κ1) is 83.5. The second-order valence-electron chi connectivity index (χ2n) is 10.4. The Kier molecular flexibility index (Phi) is 71.8. The third-order valence-corrected chi connectivity index (χ3v) is 4.83. The molecule has 0 atom stereocenters. The molecular formula is C32H53Cl4N6O20Pt2-3. The number of carboxylic acid groups (broad SMARTS) is 3. The molecule has 2 rings (SSSR count). The van der Waals surface area contributed by atoms with Crippen molar-refractivity contribution in [3.05, 3.63) is 55.8 Å². The zero-order chi connectivity index (χ0) is 47.1. The Balaban J connectivity index is -0.0000000795. The molecule has 0 saturated heterocycles. The van der Waals surface area contributed by atoms with E-state index in [4.69, 9.17) is 76.8 Å². The van der Waals surface area contributed by atoms with Crippen LogP contribution in [0.5, 0.6) is 0 Å². The number of carbonyl (C=O) groups is 12. The maximum absolute atomic E-state index is 11.4. The van der Waals surface area contributed by atoms with Gasteiger partial charge in [-0.1, -0.05) is 13.8 Å². The van der Waals surface area contributed by atoms with E-state index in [1.165, 1.54) is 0 Å². The van der Waals surface area contributed by atoms with E-state index in [9.17, 15) is 43.2 Å². The van der Waals surface area contributed by atoms with E-state index in [0.29, 0.717) is 0 Å². The Bertz CT molecular complexity index is 1400. The molecule has 0 bridgehead atoms. The molecule has 0 aromatic heterocycles. The quantitative estimate of drug-likeness (QED) is 0.0654. The molecule has 0 saturated carbocycles. The average molecular weight is 1370 g/mol. The number of ketones is 1. The molecule has 382 valence electrons. The number of aliphatic carboxylic acids is 3. The van der Waals surface area contributed by atoms with Crippen molar-refractivity contribution in [3.63, 3.8) is 0 Å². The van der Waals surface area contributed by atoms with Gasteiger partial charge in [0.05, 0.1) is 32.5 Å². The molecule has 2 heterocycles. The minimum Gasteiger partial charge on any atom is -0.693 e. The monoisotopic (exact) mass is 1370 g/mol. The van der Waals surface area contributed by atoms with Gasteiger partial charge in [0, 0.05) is 51.5 Å². The number of hydrogen-bond acceptors (Lipinski definition) is 16. The number of halogens is 4. The van der Waals surface area contributed by atoms with Crippen LogP contribution in [0.2, 0.25) is 0 Å². The third kappa shape index (κ3) is 67.0. The van der Waals surface area contributed by atoms with Crippen LogP contribution in [0, 0.1) is 12.8 Å². The van der Waals surface area contributed by atoms with Crippen LogP contribution in [0.1, 0.15) is 60.3 Å². The Labute approximate surface area is 401 Å². The predicted octanol–water partition coefficient (Wildman–Crippen LogP) is 5.28. The Morgan fingerprint density at radius 1 is 0.625 bits per heavy atom. The molecule has 13 N–H and O–H groups in total. The van der Waals surface area contributed by atoms with Crippen LogP contribution in [-0.2, 0) is 105 Å². The van der Waals surface area contributed by atoms with Crippen molar-refractivity contribution in [2.45, 2.75) is 60.3 Å². The second kappa shape index (κ2) is 55.1. The van der Waals surface area contributed by atoms with Gasteiger partial charge in [0.1, 0.15) is 13.2 Å². The van der Waals surface area contributed by atoms with Crippen LogP contribution in [0.3, 0.4) is 0 Å². The van der Waals surface area contributed by atoms with Crippen LogP contribution >= 0.6 is 37.7 Å². The first-order chi connectivity index (χ1) is 27.3. The predicted molar refractivity (Wildman–Crippen MR) is 223 cm³/mol. The molecule has 0 spiro atoms. The maximum Gasteiger partial charge on any atom is -0.693 e. The van der Waals surface area contributed by atoms with Gasteiger partial charge in [-0.15, -0.1) is 0 Å². The van der Waals surface area contributed by atoms with Gasteiger partial charge in [-0.3, -0.25) is 57.7 Å². The van der Waals surface area contributed by atoms with Gasteiger partial charge in [0.25, 0.3) is 41.5 Å². The van der Waals surface area contributed by atoms with Crippen molar-refractivity contribution in [1.29, 1.82) is 0 Å². The van der Waals surface area contributed by atoms with Crippen LogP contribution < -0.4 is 0 Å². The van der Waals surface area contributed by atoms with Gasteiger partial charge in [0.15, 0.2) is 0 Å². The third-order valence-electron chi connectivity index (χ3n) is 4.83. The Morgan fingerprint density at radius 2 is 0.875 bits per heavy atom. The minimum absolute atomic E-state index is 0. The number of hydrogen-bond donors (Lipinski definition) is 3. The Hall–Kier alpha value is -4.07. The number of ether oxygens (including phenoxy) is 4. The summed E-state index contributed by atoms with van der Waals surface area (Å²) in [7, 11) is 19.5. The van der Waals surface area contributed by atoms with E-state index < -0.39 is 98.6 Å². The molecule has 4 amide bonds. The fourth-order valence-electron chi connectivity index (χ4n) is 2.80. The zero-order valence-corrected chi connectivity index (χ0v) is 42.2. The number of Topliss-reactive ketones (excluding diaryl/α,β-unsaturated/α-hetero) is 1. The van der Waals surface area contributed by atoms with Crippen LogP contribution in [0.25, 0.3) is 24.6 Å². The summed E-state index contributed by atoms with van der Waals surface area (Å²) in [6, 6.07) is 0. The van der Waals surface area contributed by atoms with Crippen molar-refractivity contribution in [3.8, 4) is 0 Å². The summed E-state index contributed by atoms with van der Waals surface area (Å²) in [5.41, 5.74) is 0. The summed E-state index contributed by atoms with van der Waals surface area (Å²) < 4.78 is 18.6. The SMILES string of the molecule is CC(=O)O.CC(=O)O.CC(=O)O.CC(C)COC(=O)OC(=O)CCC(=O)OCCN1C(=O)C=CC1=O.O.[CH2-]C(=O)CCC(=O)OCCN1C(=O)C=CC1=O.[Cl][Pt+2][Cl].[Cl][Pt][Cl].[NH2-].[NH2-].[NH2-].[NH2-]. The van der Waals surface area contributed by atoms with Crippen molar-refractivity contribution in [1.82, 2.24) is 9.80 Å². The molecule has 2 aliphatic heterocycles. The second-order valence-corrected chi connectivity index (χ2v) is 16.9. The molecule has 0 aliphatic carbocycles. The number of esters is 3. The van der Waals surface area contributed by atoms with Gasteiger partial charge < -0.3 is 76.1 Å². The van der Waals surface area contributed by atoms with Crippen molar-refractivity contribution >= 4 is 109 Å². The van der Waals surface area contributed by atoms with E-state index in [0.717, 1.165) is 54.9 Å². The summed E-state index contributed by atoms with van der Waals surface area (Å²) in [5, 5.41) is 22.2. The normalized spacial score (nSPS) is 10.7. The van der Waals surface area contributed by atoms with E-state index in [1.807, 2.05) is 13.8 Å². The molecular weight excluding hydrogens is 1320 g/mol. The maximum atomic E-state index is 11.4. The molecule has 64 heavy (non-hydrogen) atoms. The van der Waals surface area contributed by atoms with E-state index >= 15 is 0 Å². The topological polar surface area (TPSA) is 474 Å². The first-order valence-corrected chi connectivity index (χ1v) is 26.9. The largest absolute Gasteiger partial charge is 0.693 e. The number of carboxylic acids is 3. The fourth-order valence-corrected chi connectivity index (χ4v) is 2.80.